The number of ether oxygens (including phenoxy) is 1. The lowest BCUT2D eigenvalue weighted by atomic mass is 9.68. The van der Waals surface area contributed by atoms with Gasteiger partial charge in [0.05, 0.1) is 14.7 Å². The number of alkyl halides is 3. The van der Waals surface area contributed by atoms with Crippen molar-refractivity contribution in [3.63, 3.8) is 0 Å². The molecule has 198 valence electrons. The molecule has 0 saturated heterocycles. The third-order valence-electron chi connectivity index (χ3n) is 8.25. The number of halogens is 4. The lowest BCUT2D eigenvalue weighted by molar-refractivity contribution is -0.140. The summed E-state index contributed by atoms with van der Waals surface area (Å²) in [7, 11) is -2.13. The summed E-state index contributed by atoms with van der Waals surface area (Å²) >= 11 is 0. The van der Waals surface area contributed by atoms with E-state index in [4.69, 9.17) is 4.74 Å². The molecule has 1 nitrogen and oxygen atoms in total. The molecular formula is C29H44F4OSi. The van der Waals surface area contributed by atoms with E-state index in [0.29, 0.717) is 5.19 Å². The molecule has 0 radical (unpaired) electrons. The molecule has 2 aliphatic carbocycles. The first-order valence-corrected chi connectivity index (χ1v) is 17.2. The van der Waals surface area contributed by atoms with Crippen LogP contribution in [0.2, 0.25) is 19.6 Å². The highest BCUT2D eigenvalue weighted by Crippen LogP contribution is 2.43. The zero-order valence-corrected chi connectivity index (χ0v) is 23.2. The van der Waals surface area contributed by atoms with Crippen LogP contribution in [0.15, 0.2) is 12.1 Å². The third kappa shape index (κ3) is 7.14. The summed E-state index contributed by atoms with van der Waals surface area (Å²) in [6.45, 7) is 10.1. The highest BCUT2D eigenvalue weighted by molar-refractivity contribution is 6.89. The van der Waals surface area contributed by atoms with Crippen LogP contribution in [0.4, 0.5) is 17.6 Å². The average molecular weight is 513 g/mol. The number of hydrogen-bond acceptors (Lipinski definition) is 1. The molecule has 0 amide bonds. The van der Waals surface area contributed by atoms with Gasteiger partial charge in [-0.15, -0.1) is 0 Å². The normalized spacial score (nSPS) is 26.3. The molecule has 0 unspecified atom stereocenters. The first-order chi connectivity index (χ1) is 16.5. The molecule has 1 aromatic rings. The molecule has 2 saturated carbocycles. The predicted molar refractivity (Wildman–Crippen MR) is 140 cm³/mol. The molecule has 6 heteroatoms. The van der Waals surface area contributed by atoms with Gasteiger partial charge in [-0.05, 0) is 79.9 Å². The molecular weight excluding hydrogens is 468 g/mol. The quantitative estimate of drug-likeness (QED) is 0.249. The van der Waals surface area contributed by atoms with Gasteiger partial charge in [0.25, 0.3) is 0 Å². The van der Waals surface area contributed by atoms with Crippen LogP contribution < -0.4 is 9.92 Å². The van der Waals surface area contributed by atoms with Gasteiger partial charge in [-0.3, -0.25) is 0 Å². The molecule has 0 spiro atoms. The lowest BCUT2D eigenvalue weighted by Gasteiger charge is -2.37. The van der Waals surface area contributed by atoms with E-state index in [1.54, 1.807) is 13.0 Å². The van der Waals surface area contributed by atoms with Crippen molar-refractivity contribution >= 4 is 19.3 Å². The van der Waals surface area contributed by atoms with Crippen molar-refractivity contribution in [3.05, 3.63) is 29.1 Å². The van der Waals surface area contributed by atoms with Crippen LogP contribution >= 0.6 is 0 Å². The maximum absolute atomic E-state index is 15.2. The van der Waals surface area contributed by atoms with Gasteiger partial charge < -0.3 is 4.74 Å². The largest absolute Gasteiger partial charge is 0.491 e. The number of rotatable bonds is 8. The minimum atomic E-state index is -4.78. The Morgan fingerprint density at radius 1 is 0.943 bits per heavy atom. The van der Waals surface area contributed by atoms with Gasteiger partial charge in [-0.1, -0.05) is 70.5 Å². The zero-order valence-electron chi connectivity index (χ0n) is 22.2. The van der Waals surface area contributed by atoms with Crippen molar-refractivity contribution in [2.75, 3.05) is 6.61 Å². The van der Waals surface area contributed by atoms with E-state index >= 15 is 4.39 Å². The fourth-order valence-electron chi connectivity index (χ4n) is 6.32. The molecule has 0 N–H and O–H groups in total. The first-order valence-electron chi connectivity index (χ1n) is 13.7. The fraction of sp³-hybridized carbons (Fsp3) is 0.724. The van der Waals surface area contributed by atoms with E-state index in [2.05, 4.69) is 6.92 Å². The van der Waals surface area contributed by atoms with Crippen LogP contribution in [-0.2, 0) is 6.18 Å². The van der Waals surface area contributed by atoms with E-state index in [-0.39, 0.29) is 23.8 Å². The fourth-order valence-corrected chi connectivity index (χ4v) is 7.77. The molecule has 0 atom stereocenters. The van der Waals surface area contributed by atoms with Crippen LogP contribution in [0, 0.1) is 29.5 Å². The minimum Gasteiger partial charge on any atom is -0.491 e. The van der Waals surface area contributed by atoms with Crippen LogP contribution in [0.1, 0.15) is 89.2 Å². The SMILES string of the molecule is CCCC1CCC(C2CCC(C=Cc3cc([Si](C)(C)C)c(OCC)c(F)c3C(F)(F)F)CC2)CC1. The van der Waals surface area contributed by atoms with Gasteiger partial charge in [0, 0.05) is 0 Å². The molecule has 3 rings (SSSR count). The number of hydrogen-bond donors (Lipinski definition) is 0. The van der Waals surface area contributed by atoms with Gasteiger partial charge in [0.15, 0.2) is 11.6 Å². The topological polar surface area (TPSA) is 9.23 Å². The predicted octanol–water partition coefficient (Wildman–Crippen LogP) is 9.21. The van der Waals surface area contributed by atoms with Crippen molar-refractivity contribution in [2.45, 2.75) is 104 Å². The molecule has 35 heavy (non-hydrogen) atoms. The highest BCUT2D eigenvalue weighted by atomic mass is 28.3. The minimum absolute atomic E-state index is 0.0627. The molecule has 0 aromatic heterocycles. The highest BCUT2D eigenvalue weighted by Gasteiger charge is 2.40. The zero-order chi connectivity index (χ0) is 25.8. The van der Waals surface area contributed by atoms with Crippen LogP contribution in [0.5, 0.6) is 5.75 Å². The number of benzene rings is 1. The van der Waals surface area contributed by atoms with Gasteiger partial charge in [0.2, 0.25) is 0 Å². The van der Waals surface area contributed by atoms with E-state index in [1.165, 1.54) is 44.6 Å². The Hall–Kier alpha value is -1.30. The maximum atomic E-state index is 15.2. The van der Waals surface area contributed by atoms with Crippen LogP contribution in [0.25, 0.3) is 6.08 Å². The second kappa shape index (κ2) is 11.8. The molecule has 0 heterocycles. The van der Waals surface area contributed by atoms with Crippen molar-refractivity contribution in [2.24, 2.45) is 23.7 Å². The third-order valence-corrected chi connectivity index (χ3v) is 10.2. The molecule has 2 aliphatic rings. The Kier molecular flexibility index (Phi) is 9.56. The Morgan fingerprint density at radius 2 is 1.51 bits per heavy atom. The maximum Gasteiger partial charge on any atom is 0.419 e. The van der Waals surface area contributed by atoms with Crippen molar-refractivity contribution in [1.29, 1.82) is 0 Å². The summed E-state index contributed by atoms with van der Waals surface area (Å²) in [4.78, 5) is 0. The number of allylic oxidation sites excluding steroid dienone is 1. The van der Waals surface area contributed by atoms with Crippen molar-refractivity contribution in [3.8, 4) is 5.75 Å². The summed E-state index contributed by atoms with van der Waals surface area (Å²) in [5, 5.41) is 0.604. The second-order valence-electron chi connectivity index (χ2n) is 11.8. The summed E-state index contributed by atoms with van der Waals surface area (Å²) < 4.78 is 62.5. The van der Waals surface area contributed by atoms with Crippen molar-refractivity contribution in [1.82, 2.24) is 0 Å². The van der Waals surface area contributed by atoms with E-state index < -0.39 is 25.6 Å². The summed E-state index contributed by atoms with van der Waals surface area (Å²) in [5.74, 6) is 1.27. The second-order valence-corrected chi connectivity index (χ2v) is 16.9. The van der Waals surface area contributed by atoms with Crippen molar-refractivity contribution < 1.29 is 22.3 Å². The summed E-state index contributed by atoms with van der Waals surface area (Å²) in [5.41, 5.74) is -1.26. The smallest absolute Gasteiger partial charge is 0.419 e. The average Bonchev–Trinajstić information content (AvgIpc) is 2.78. The van der Waals surface area contributed by atoms with Gasteiger partial charge in [-0.2, -0.15) is 13.2 Å². The first kappa shape index (κ1) is 28.3. The monoisotopic (exact) mass is 512 g/mol. The van der Waals surface area contributed by atoms with E-state index in [1.807, 2.05) is 25.7 Å². The van der Waals surface area contributed by atoms with Gasteiger partial charge >= 0.3 is 6.18 Å². The van der Waals surface area contributed by atoms with Gasteiger partial charge in [-0.25, -0.2) is 4.39 Å². The van der Waals surface area contributed by atoms with Crippen LogP contribution in [-0.4, -0.2) is 14.7 Å². The summed E-state index contributed by atoms with van der Waals surface area (Å²) in [6, 6.07) is 1.54. The molecule has 1 aromatic carbocycles. The molecule has 0 bridgehead atoms. The molecule has 0 aliphatic heterocycles. The lowest BCUT2D eigenvalue weighted by Crippen LogP contribution is -2.40. The summed E-state index contributed by atoms with van der Waals surface area (Å²) in [6.07, 6.45) is 11.0. The molecule has 2 fully saturated rings. The van der Waals surface area contributed by atoms with Gasteiger partial charge in [0.1, 0.15) is 5.56 Å². The standard InChI is InChI=1S/C29H44F4OSi/c1-6-8-20-9-14-22(15-10-20)23-16-11-21(12-17-23)13-18-24-19-25(35(3,4)5)28(34-7-2)27(30)26(24)29(31,32)33/h13,18-23H,6-12,14-17H2,1-5H3. The van der Waals surface area contributed by atoms with E-state index in [9.17, 15) is 13.2 Å². The van der Waals surface area contributed by atoms with E-state index in [0.717, 1.165) is 43.4 Å². The van der Waals surface area contributed by atoms with Crippen LogP contribution in [0.3, 0.4) is 0 Å². The Morgan fingerprint density at radius 3 is 2.00 bits per heavy atom. The Labute approximate surface area is 210 Å². The Balaban J connectivity index is 1.74. The Bertz CT molecular complexity index is 855.